The van der Waals surface area contributed by atoms with Crippen LogP contribution in [0.4, 0.5) is 68.2 Å². The third-order valence-electron chi connectivity index (χ3n) is 26.2. The molecule has 0 aromatic heterocycles. The fourth-order valence-corrected chi connectivity index (χ4v) is 21.2. The summed E-state index contributed by atoms with van der Waals surface area (Å²) in [5.41, 5.74) is 38.9. The smallest absolute Gasteiger partial charge is 0.0737 e. The molecule has 0 aliphatic heterocycles. The van der Waals surface area contributed by atoms with E-state index in [2.05, 4.69) is 484 Å². The summed E-state index contributed by atoms with van der Waals surface area (Å²) in [6.45, 7) is 8.62. The maximum atomic E-state index is 2.40. The van der Waals surface area contributed by atoms with Gasteiger partial charge in [-0.3, -0.25) is 0 Å². The molecule has 576 valence electrons. The molecule has 0 radical (unpaired) electrons. The second-order valence-corrected chi connectivity index (χ2v) is 33.3. The van der Waals surface area contributed by atoms with Crippen molar-refractivity contribution in [1.29, 1.82) is 0 Å². The highest BCUT2D eigenvalue weighted by Gasteiger charge is 2.55. The van der Waals surface area contributed by atoms with Crippen LogP contribution in [0.5, 0.6) is 0 Å². The Morgan fingerprint density at radius 3 is 0.623 bits per heavy atom. The first-order valence-corrected chi connectivity index (χ1v) is 42.5. The van der Waals surface area contributed by atoms with Gasteiger partial charge in [-0.1, -0.05) is 302 Å². The van der Waals surface area contributed by atoms with Crippen LogP contribution in [0.15, 0.2) is 437 Å². The SMILES string of the molecule is Cc1ccc(N(c2ccccc2)c2ccc3c4c(ccc3c2)-c2ccc3cc(N(c5ccccc5)c5ccc(C)cc5)ccc3c2C42c3ccccc3-c3ccccc32)cc1.Cc1cccc(N(c2ccccc2)c2ccc3c4c(ccc3c2)-c2ccc3cc(N(c5ccccc5)c5cccc(C)c5)ccc3c2C42c3ccccc3-c3ccccc32)c1. The Balaban J connectivity index is 0.000000142. The summed E-state index contributed by atoms with van der Waals surface area (Å²) < 4.78 is 0. The maximum Gasteiger partial charge on any atom is 0.0737 e. The van der Waals surface area contributed by atoms with Crippen LogP contribution in [0.1, 0.15) is 66.8 Å². The van der Waals surface area contributed by atoms with Crippen molar-refractivity contribution in [3.05, 3.63) is 504 Å². The molecule has 0 fully saturated rings. The van der Waals surface area contributed by atoms with Gasteiger partial charge in [0.25, 0.3) is 0 Å². The molecule has 0 N–H and O–H groups in total. The summed E-state index contributed by atoms with van der Waals surface area (Å²) in [5.74, 6) is 0. The fraction of sp³-hybridized carbons (Fsp3) is 0.0508. The van der Waals surface area contributed by atoms with Crippen LogP contribution < -0.4 is 19.6 Å². The highest BCUT2D eigenvalue weighted by atomic mass is 15.2. The summed E-state index contributed by atoms with van der Waals surface area (Å²) in [7, 11) is 0. The molecule has 20 aromatic rings. The summed E-state index contributed by atoms with van der Waals surface area (Å²) in [6, 6.07) is 162. The minimum absolute atomic E-state index is 0.522. The Kier molecular flexibility index (Phi) is 16.9. The molecule has 2 spiro atoms. The number of hydrogen-bond donors (Lipinski definition) is 0. The molecule has 0 unspecified atom stereocenters. The molecule has 0 heterocycles. The van der Waals surface area contributed by atoms with Crippen LogP contribution in [-0.2, 0) is 10.8 Å². The number of hydrogen-bond acceptors (Lipinski definition) is 4. The lowest BCUT2D eigenvalue weighted by Crippen LogP contribution is -2.26. The summed E-state index contributed by atoms with van der Waals surface area (Å²) in [5, 5.41) is 10.0. The van der Waals surface area contributed by atoms with Crippen LogP contribution in [0.3, 0.4) is 0 Å². The van der Waals surface area contributed by atoms with Crippen molar-refractivity contribution in [3.63, 3.8) is 0 Å². The van der Waals surface area contributed by atoms with Crippen molar-refractivity contribution < 1.29 is 0 Å². The van der Waals surface area contributed by atoms with Crippen molar-refractivity contribution in [2.75, 3.05) is 19.6 Å². The number of aryl methyl sites for hydroxylation is 4. The van der Waals surface area contributed by atoms with E-state index in [9.17, 15) is 0 Å². The van der Waals surface area contributed by atoms with E-state index in [4.69, 9.17) is 0 Å². The minimum Gasteiger partial charge on any atom is -0.310 e. The number of anilines is 12. The Bertz CT molecular complexity index is 7110. The van der Waals surface area contributed by atoms with E-state index < -0.39 is 10.8 Å². The van der Waals surface area contributed by atoms with Gasteiger partial charge in [0.2, 0.25) is 0 Å². The number of para-hydroxylation sites is 4. The molecule has 0 amide bonds. The van der Waals surface area contributed by atoms with Gasteiger partial charge in [-0.15, -0.1) is 0 Å². The van der Waals surface area contributed by atoms with Gasteiger partial charge < -0.3 is 19.6 Å². The van der Waals surface area contributed by atoms with E-state index >= 15 is 0 Å². The Hall–Kier alpha value is -15.4. The second kappa shape index (κ2) is 28.7. The molecule has 4 aliphatic rings. The third-order valence-corrected chi connectivity index (χ3v) is 26.2. The first-order chi connectivity index (χ1) is 60.1. The third kappa shape index (κ3) is 11.2. The van der Waals surface area contributed by atoms with E-state index in [1.807, 2.05) is 0 Å². The van der Waals surface area contributed by atoms with Crippen LogP contribution in [-0.4, -0.2) is 0 Å². The van der Waals surface area contributed by atoms with E-state index in [1.165, 1.54) is 154 Å². The molecular weight excluding hydrogens is 1470 g/mol. The number of nitrogens with zero attached hydrogens (tertiary/aromatic N) is 4. The van der Waals surface area contributed by atoms with Crippen LogP contribution in [0.2, 0.25) is 0 Å². The first kappa shape index (κ1) is 71.9. The van der Waals surface area contributed by atoms with Crippen molar-refractivity contribution in [2.45, 2.75) is 38.5 Å². The molecule has 4 nitrogen and oxygen atoms in total. The fourth-order valence-electron chi connectivity index (χ4n) is 21.2. The van der Waals surface area contributed by atoms with Gasteiger partial charge >= 0.3 is 0 Å². The molecule has 0 saturated heterocycles. The lowest BCUT2D eigenvalue weighted by molar-refractivity contribution is 0.809. The number of rotatable bonds is 12. The van der Waals surface area contributed by atoms with Gasteiger partial charge in [0.1, 0.15) is 0 Å². The lowest BCUT2D eigenvalue weighted by Gasteiger charge is -2.33. The topological polar surface area (TPSA) is 13.0 Å². The molecule has 20 aromatic carbocycles. The zero-order valence-corrected chi connectivity index (χ0v) is 68.4. The standard InChI is InChI=1S/2C59H42N2/c1-39-15-13-21-45(35-39)60(43-17-5-3-6-18-43)47-29-33-49-41(37-47)27-31-53-54-32-28-42-38-48(61(44-19-7-4-8-20-44)46-22-14-16-40(2)36-46)30-34-50(42)58(54)59(57(49)53)55-25-11-9-23-51(55)52-24-10-12-26-56(52)59;1-39-21-27-45(28-22-39)60(43-13-5-3-6-14-43)47-31-35-49-41(37-47)25-33-53-54-34-26-42-38-48(61(44-15-7-4-8-16-44)46-29-23-40(2)24-30-46)32-36-50(42)58(54)59(57(49)53)55-19-11-9-17-51(55)52-18-10-12-20-56(52)59/h2*3-38H,1-2H3. The Labute approximate surface area is 712 Å². The van der Waals surface area contributed by atoms with Crippen LogP contribution in [0.25, 0.3) is 87.6 Å². The molecule has 0 saturated carbocycles. The molecule has 0 atom stereocenters. The van der Waals surface area contributed by atoms with Crippen molar-refractivity contribution in [2.24, 2.45) is 0 Å². The lowest BCUT2D eigenvalue weighted by atomic mass is 9.68. The first-order valence-electron chi connectivity index (χ1n) is 42.5. The Morgan fingerprint density at radius 1 is 0.148 bits per heavy atom. The Morgan fingerprint density at radius 2 is 0.361 bits per heavy atom. The van der Waals surface area contributed by atoms with Gasteiger partial charge in [0, 0.05) is 68.2 Å². The average molecular weight is 1560 g/mol. The van der Waals surface area contributed by atoms with Crippen molar-refractivity contribution >= 4 is 111 Å². The highest BCUT2D eigenvalue weighted by molar-refractivity contribution is 6.13. The summed E-state index contributed by atoms with van der Waals surface area (Å²) >= 11 is 0. The summed E-state index contributed by atoms with van der Waals surface area (Å²) in [4.78, 5) is 9.50. The molecule has 4 heteroatoms. The number of fused-ring (bicyclic) bond motifs is 28. The van der Waals surface area contributed by atoms with E-state index in [-0.39, 0.29) is 0 Å². The van der Waals surface area contributed by atoms with E-state index in [0.717, 1.165) is 68.2 Å². The zero-order chi connectivity index (χ0) is 81.3. The minimum atomic E-state index is -0.523. The normalized spacial score (nSPS) is 12.9. The number of benzene rings is 20. The predicted octanol–water partition coefficient (Wildman–Crippen LogP) is 31.8. The van der Waals surface area contributed by atoms with Gasteiger partial charge in [-0.05, 0) is 317 Å². The van der Waals surface area contributed by atoms with Crippen LogP contribution in [0, 0.1) is 27.7 Å². The largest absolute Gasteiger partial charge is 0.310 e. The monoisotopic (exact) mass is 1560 g/mol. The quantitative estimate of drug-likeness (QED) is 0.121. The van der Waals surface area contributed by atoms with Crippen molar-refractivity contribution in [3.8, 4) is 44.5 Å². The maximum absolute atomic E-state index is 2.40. The average Bonchev–Trinajstić information content (AvgIpc) is 1.50. The molecule has 122 heavy (non-hydrogen) atoms. The van der Waals surface area contributed by atoms with Crippen LogP contribution >= 0.6 is 0 Å². The van der Waals surface area contributed by atoms with Gasteiger partial charge in [-0.25, -0.2) is 0 Å². The van der Waals surface area contributed by atoms with E-state index in [0.29, 0.717) is 0 Å². The second-order valence-electron chi connectivity index (χ2n) is 33.3. The summed E-state index contributed by atoms with van der Waals surface area (Å²) in [6.07, 6.45) is 0. The molecular formula is C118H84N4. The van der Waals surface area contributed by atoms with E-state index in [1.54, 1.807) is 0 Å². The van der Waals surface area contributed by atoms with Gasteiger partial charge in [0.15, 0.2) is 0 Å². The van der Waals surface area contributed by atoms with Crippen molar-refractivity contribution in [1.82, 2.24) is 0 Å². The zero-order valence-electron chi connectivity index (χ0n) is 68.4. The predicted molar refractivity (Wildman–Crippen MR) is 513 cm³/mol. The molecule has 24 rings (SSSR count). The molecule has 4 aliphatic carbocycles. The molecule has 0 bridgehead atoms. The van der Waals surface area contributed by atoms with Gasteiger partial charge in [-0.2, -0.15) is 0 Å². The highest BCUT2D eigenvalue weighted by Crippen LogP contribution is 2.68. The van der Waals surface area contributed by atoms with Gasteiger partial charge in [0.05, 0.1) is 10.8 Å².